The van der Waals surface area contributed by atoms with Crippen LogP contribution in [0.25, 0.3) is 0 Å². The van der Waals surface area contributed by atoms with E-state index in [1.165, 1.54) is 37.7 Å². The van der Waals surface area contributed by atoms with Crippen LogP contribution in [-0.4, -0.2) is 19.1 Å². The van der Waals surface area contributed by atoms with E-state index in [1.54, 1.807) is 0 Å². The summed E-state index contributed by atoms with van der Waals surface area (Å²) in [5, 5.41) is 6.20. The van der Waals surface area contributed by atoms with E-state index in [2.05, 4.69) is 34.9 Å². The summed E-state index contributed by atoms with van der Waals surface area (Å²) in [5.41, 5.74) is 2.36. The minimum Gasteiger partial charge on any atom is -0.489 e. The van der Waals surface area contributed by atoms with Gasteiger partial charge in [0.15, 0.2) is 0 Å². The fraction of sp³-hybridized carbons (Fsp3) is 0.519. The van der Waals surface area contributed by atoms with Crippen LogP contribution < -0.4 is 15.4 Å². The van der Waals surface area contributed by atoms with Crippen molar-refractivity contribution < 1.29 is 9.53 Å². The smallest absolute Gasteiger partial charge is 0.314 e. The van der Waals surface area contributed by atoms with Gasteiger partial charge in [0, 0.05) is 13.1 Å². The Bertz CT molecular complexity index is 837. The number of hydrogen-bond donors (Lipinski definition) is 2. The van der Waals surface area contributed by atoms with Crippen LogP contribution in [0, 0.1) is 29.6 Å². The van der Waals surface area contributed by atoms with Crippen LogP contribution in [0.5, 0.6) is 5.75 Å². The highest BCUT2D eigenvalue weighted by atomic mass is 16.5. The largest absolute Gasteiger partial charge is 0.489 e. The predicted molar refractivity (Wildman–Crippen MR) is 123 cm³/mol. The summed E-state index contributed by atoms with van der Waals surface area (Å²) < 4.78 is 5.84. The molecule has 0 aliphatic heterocycles. The van der Waals surface area contributed by atoms with Crippen molar-refractivity contribution in [1.29, 1.82) is 0 Å². The average Bonchev–Trinajstić information content (AvgIpc) is 2.78. The van der Waals surface area contributed by atoms with Gasteiger partial charge in [-0.1, -0.05) is 42.5 Å². The zero-order valence-electron chi connectivity index (χ0n) is 18.3. The first-order valence-corrected chi connectivity index (χ1v) is 12.0. The molecular weight excluding hydrogens is 384 g/mol. The van der Waals surface area contributed by atoms with Crippen molar-refractivity contribution in [3.8, 4) is 5.75 Å². The monoisotopic (exact) mass is 418 g/mol. The van der Waals surface area contributed by atoms with Crippen LogP contribution in [0.3, 0.4) is 0 Å². The lowest BCUT2D eigenvalue weighted by atomic mass is 9.52. The average molecular weight is 419 g/mol. The molecule has 0 aromatic heterocycles. The Kier molecular flexibility index (Phi) is 6.15. The third-order valence-corrected chi connectivity index (χ3v) is 7.79. The number of benzene rings is 2. The fourth-order valence-electron chi connectivity index (χ4n) is 6.46. The molecule has 2 N–H and O–H groups in total. The van der Waals surface area contributed by atoms with Crippen molar-refractivity contribution in [1.82, 2.24) is 10.6 Å². The molecule has 4 aliphatic carbocycles. The number of urea groups is 1. The lowest BCUT2D eigenvalue weighted by Crippen LogP contribution is -2.50. The van der Waals surface area contributed by atoms with Crippen molar-refractivity contribution in [3.05, 3.63) is 65.7 Å². The first kappa shape index (κ1) is 20.4. The highest BCUT2D eigenvalue weighted by Crippen LogP contribution is 2.56. The molecule has 31 heavy (non-hydrogen) atoms. The molecule has 4 nitrogen and oxygen atoms in total. The van der Waals surface area contributed by atoms with Gasteiger partial charge in [0.2, 0.25) is 0 Å². The SMILES string of the molecule is O=C(NCCc1ccc(OCc2ccccc2)cc1)NCC1C2CC3CC(C2)CC1C3. The van der Waals surface area contributed by atoms with Crippen LogP contribution in [0.15, 0.2) is 54.6 Å². The number of carbonyl (C=O) groups is 1. The maximum absolute atomic E-state index is 12.3. The quantitative estimate of drug-likeness (QED) is 0.621. The van der Waals surface area contributed by atoms with Crippen molar-refractivity contribution in [2.45, 2.75) is 45.1 Å². The Morgan fingerprint density at radius 3 is 2.16 bits per heavy atom. The summed E-state index contributed by atoms with van der Waals surface area (Å²) in [4.78, 5) is 12.3. The highest BCUT2D eigenvalue weighted by molar-refractivity contribution is 5.73. The molecule has 0 saturated heterocycles. The van der Waals surface area contributed by atoms with Crippen LogP contribution >= 0.6 is 0 Å². The van der Waals surface area contributed by atoms with E-state index in [4.69, 9.17) is 4.74 Å². The van der Waals surface area contributed by atoms with Crippen LogP contribution in [0.4, 0.5) is 4.79 Å². The molecule has 4 aliphatic rings. The number of nitrogens with one attached hydrogen (secondary N) is 2. The molecule has 164 valence electrons. The number of ether oxygens (including phenoxy) is 1. The van der Waals surface area contributed by atoms with Crippen molar-refractivity contribution >= 4 is 6.03 Å². The van der Waals surface area contributed by atoms with Gasteiger partial charge in [-0.25, -0.2) is 4.79 Å². The van der Waals surface area contributed by atoms with E-state index < -0.39 is 0 Å². The Morgan fingerprint density at radius 2 is 1.48 bits per heavy atom. The lowest BCUT2D eigenvalue weighted by Gasteiger charge is -2.54. The van der Waals surface area contributed by atoms with E-state index in [9.17, 15) is 4.79 Å². The molecule has 0 unspecified atom stereocenters. The zero-order chi connectivity index (χ0) is 21.0. The van der Waals surface area contributed by atoms with Crippen molar-refractivity contribution in [2.24, 2.45) is 29.6 Å². The molecule has 4 heteroatoms. The molecule has 4 bridgehead atoms. The Morgan fingerprint density at radius 1 is 0.806 bits per heavy atom. The standard InChI is InChI=1S/C27H34N2O2/c30-27(29-17-26-23-13-21-12-22(15-23)16-24(26)14-21)28-11-10-19-6-8-25(9-7-19)31-18-20-4-2-1-3-5-20/h1-9,21-24,26H,10-18H2,(H2,28,29,30). The number of hydrogen-bond acceptors (Lipinski definition) is 2. The topological polar surface area (TPSA) is 50.4 Å². The second-order valence-electron chi connectivity index (χ2n) is 9.90. The lowest BCUT2D eigenvalue weighted by molar-refractivity contribution is -0.0343. The third-order valence-electron chi connectivity index (χ3n) is 7.79. The summed E-state index contributed by atoms with van der Waals surface area (Å²) in [6.45, 7) is 2.08. The maximum Gasteiger partial charge on any atom is 0.314 e. The number of carbonyl (C=O) groups excluding carboxylic acids is 1. The van der Waals surface area contributed by atoms with Crippen LogP contribution in [0.1, 0.15) is 43.2 Å². The summed E-state index contributed by atoms with van der Waals surface area (Å²) >= 11 is 0. The van der Waals surface area contributed by atoms with Crippen LogP contribution in [-0.2, 0) is 13.0 Å². The summed E-state index contributed by atoms with van der Waals surface area (Å²) in [7, 11) is 0. The molecule has 0 heterocycles. The molecule has 4 fully saturated rings. The molecule has 0 atom stereocenters. The summed E-state index contributed by atoms with van der Waals surface area (Å²) in [5.74, 6) is 5.28. The fourth-order valence-corrected chi connectivity index (χ4v) is 6.46. The predicted octanol–water partition coefficient (Wildman–Crippen LogP) is 5.18. The normalized spacial score (nSPS) is 28.3. The molecule has 2 aromatic rings. The minimum atomic E-state index is -0.0170. The zero-order valence-corrected chi connectivity index (χ0v) is 18.3. The molecule has 2 amide bonds. The molecule has 0 radical (unpaired) electrons. The third kappa shape index (κ3) is 5.06. The van der Waals surface area contributed by atoms with Gasteiger partial charge in [-0.3, -0.25) is 0 Å². The summed E-state index contributed by atoms with van der Waals surface area (Å²) in [6.07, 6.45) is 7.94. The number of amides is 2. The molecule has 4 saturated carbocycles. The van der Waals surface area contributed by atoms with E-state index in [1.807, 2.05) is 30.3 Å². The van der Waals surface area contributed by atoms with Gasteiger partial charge in [-0.05, 0) is 91.4 Å². The first-order valence-electron chi connectivity index (χ1n) is 12.0. The second kappa shape index (κ2) is 9.33. The van der Waals surface area contributed by atoms with E-state index in [0.717, 1.165) is 48.0 Å². The van der Waals surface area contributed by atoms with Gasteiger partial charge in [0.1, 0.15) is 12.4 Å². The second-order valence-corrected chi connectivity index (χ2v) is 9.90. The molecule has 2 aromatic carbocycles. The van der Waals surface area contributed by atoms with Gasteiger partial charge < -0.3 is 15.4 Å². The molecular formula is C27H34N2O2. The molecule has 6 rings (SSSR count). The maximum atomic E-state index is 12.3. The van der Waals surface area contributed by atoms with Gasteiger partial charge in [-0.15, -0.1) is 0 Å². The van der Waals surface area contributed by atoms with E-state index >= 15 is 0 Å². The van der Waals surface area contributed by atoms with E-state index in [-0.39, 0.29) is 6.03 Å². The van der Waals surface area contributed by atoms with E-state index in [0.29, 0.717) is 19.1 Å². The first-order chi connectivity index (χ1) is 15.2. The Hall–Kier alpha value is -2.49. The summed E-state index contributed by atoms with van der Waals surface area (Å²) in [6, 6.07) is 18.3. The van der Waals surface area contributed by atoms with Gasteiger partial charge in [0.05, 0.1) is 0 Å². The van der Waals surface area contributed by atoms with Gasteiger partial charge >= 0.3 is 6.03 Å². The Balaban J connectivity index is 1.00. The van der Waals surface area contributed by atoms with Gasteiger partial charge in [0.25, 0.3) is 0 Å². The Labute approximate surface area is 185 Å². The minimum absolute atomic E-state index is 0.0170. The van der Waals surface area contributed by atoms with Crippen LogP contribution in [0.2, 0.25) is 0 Å². The van der Waals surface area contributed by atoms with Gasteiger partial charge in [-0.2, -0.15) is 0 Å². The number of rotatable bonds is 8. The highest BCUT2D eigenvalue weighted by Gasteiger charge is 2.47. The van der Waals surface area contributed by atoms with Crippen molar-refractivity contribution in [3.63, 3.8) is 0 Å². The van der Waals surface area contributed by atoms with Crippen molar-refractivity contribution in [2.75, 3.05) is 13.1 Å². The molecule has 0 spiro atoms.